The van der Waals surface area contributed by atoms with Gasteiger partial charge in [-0.25, -0.2) is 4.39 Å². The van der Waals surface area contributed by atoms with Crippen LogP contribution in [0.3, 0.4) is 0 Å². The number of carbonyl (C=O) groups excluding carboxylic acids is 2. The molecule has 1 saturated carbocycles. The average molecular weight is 418 g/mol. The number of benzene rings is 3. The van der Waals surface area contributed by atoms with Crippen LogP contribution in [0.1, 0.15) is 35.2 Å². The van der Waals surface area contributed by atoms with E-state index < -0.39 is 0 Å². The van der Waals surface area contributed by atoms with Crippen molar-refractivity contribution in [3.05, 3.63) is 89.7 Å². The number of nitrogens with one attached hydrogen (secondary N) is 2. The molecule has 1 aliphatic carbocycles. The number of amides is 2. The molecule has 3 aromatic carbocycles. The van der Waals surface area contributed by atoms with Crippen LogP contribution in [0.5, 0.6) is 5.75 Å². The van der Waals surface area contributed by atoms with E-state index in [4.69, 9.17) is 4.74 Å². The Bertz CT molecular complexity index is 1060. The number of carbonyl (C=O) groups is 2. The van der Waals surface area contributed by atoms with Crippen molar-refractivity contribution >= 4 is 23.2 Å². The molecule has 2 atom stereocenters. The standard InChI is InChI=1S/C25H23FN2O3/c1-2-31-21-13-11-20(12-14-21)27-24(29)17-5-9-19(10-6-17)28-25(30)23-15-22(23)16-3-7-18(26)8-4-16/h3-14,22-23H,2,15H2,1H3,(H,27,29)(H,28,30). The largest absolute Gasteiger partial charge is 0.494 e. The number of anilines is 2. The van der Waals surface area contributed by atoms with Gasteiger partial charge in [0.1, 0.15) is 11.6 Å². The van der Waals surface area contributed by atoms with Gasteiger partial charge in [0.05, 0.1) is 6.61 Å². The predicted octanol–water partition coefficient (Wildman–Crippen LogP) is 5.22. The molecule has 0 spiro atoms. The van der Waals surface area contributed by atoms with Gasteiger partial charge >= 0.3 is 0 Å². The molecular formula is C25H23FN2O3. The third-order valence-electron chi connectivity index (χ3n) is 5.26. The summed E-state index contributed by atoms with van der Waals surface area (Å²) in [5, 5.41) is 5.73. The van der Waals surface area contributed by atoms with Gasteiger partial charge in [-0.3, -0.25) is 9.59 Å². The molecule has 0 heterocycles. The number of hydrogen-bond donors (Lipinski definition) is 2. The summed E-state index contributed by atoms with van der Waals surface area (Å²) in [6.45, 7) is 2.50. The Kier molecular flexibility index (Phi) is 5.98. The third kappa shape index (κ3) is 5.09. The predicted molar refractivity (Wildman–Crippen MR) is 118 cm³/mol. The number of hydrogen-bond acceptors (Lipinski definition) is 3. The van der Waals surface area contributed by atoms with E-state index in [9.17, 15) is 14.0 Å². The summed E-state index contributed by atoms with van der Waals surface area (Å²) in [5.74, 6) is 0.171. The lowest BCUT2D eigenvalue weighted by Gasteiger charge is -2.09. The molecule has 0 saturated heterocycles. The van der Waals surface area contributed by atoms with E-state index in [-0.39, 0.29) is 29.5 Å². The van der Waals surface area contributed by atoms with Gasteiger partial charge in [0.2, 0.25) is 5.91 Å². The highest BCUT2D eigenvalue weighted by Gasteiger charge is 2.43. The normalized spacial score (nSPS) is 17.0. The fraction of sp³-hybridized carbons (Fsp3) is 0.200. The second-order valence-corrected chi connectivity index (χ2v) is 7.48. The topological polar surface area (TPSA) is 67.4 Å². The summed E-state index contributed by atoms with van der Waals surface area (Å²) in [5.41, 5.74) is 2.77. The van der Waals surface area contributed by atoms with E-state index >= 15 is 0 Å². The van der Waals surface area contributed by atoms with Crippen LogP contribution in [0.15, 0.2) is 72.8 Å². The van der Waals surface area contributed by atoms with Gasteiger partial charge in [0.25, 0.3) is 5.91 Å². The Morgan fingerprint density at radius 3 is 2.16 bits per heavy atom. The average Bonchev–Trinajstić information content (AvgIpc) is 3.57. The molecule has 1 fully saturated rings. The molecule has 31 heavy (non-hydrogen) atoms. The summed E-state index contributed by atoms with van der Waals surface area (Å²) < 4.78 is 18.4. The number of ether oxygens (including phenoxy) is 1. The highest BCUT2D eigenvalue weighted by Crippen LogP contribution is 2.48. The van der Waals surface area contributed by atoms with Crippen LogP contribution in [0, 0.1) is 11.7 Å². The number of rotatable bonds is 7. The van der Waals surface area contributed by atoms with Crippen molar-refractivity contribution in [2.45, 2.75) is 19.3 Å². The number of halogens is 1. The Labute approximate surface area is 180 Å². The van der Waals surface area contributed by atoms with E-state index in [2.05, 4.69) is 10.6 Å². The van der Waals surface area contributed by atoms with Crippen LogP contribution in [-0.2, 0) is 4.79 Å². The first kappa shape index (κ1) is 20.6. The summed E-state index contributed by atoms with van der Waals surface area (Å²) in [7, 11) is 0. The van der Waals surface area contributed by atoms with Crippen LogP contribution in [0.2, 0.25) is 0 Å². The lowest BCUT2D eigenvalue weighted by Crippen LogP contribution is -2.15. The monoisotopic (exact) mass is 418 g/mol. The second kappa shape index (κ2) is 9.00. The van der Waals surface area contributed by atoms with Gasteiger partial charge in [-0.2, -0.15) is 0 Å². The minimum atomic E-state index is -0.281. The SMILES string of the molecule is CCOc1ccc(NC(=O)c2ccc(NC(=O)C3CC3c3ccc(F)cc3)cc2)cc1. The maximum absolute atomic E-state index is 13.1. The van der Waals surface area contributed by atoms with Crippen LogP contribution in [-0.4, -0.2) is 18.4 Å². The van der Waals surface area contributed by atoms with Gasteiger partial charge in [-0.15, -0.1) is 0 Å². The first-order chi connectivity index (χ1) is 15.0. The fourth-order valence-corrected chi connectivity index (χ4v) is 3.51. The highest BCUT2D eigenvalue weighted by molar-refractivity contribution is 6.04. The molecule has 2 N–H and O–H groups in total. The van der Waals surface area contributed by atoms with Crippen molar-refractivity contribution in [3.63, 3.8) is 0 Å². The maximum atomic E-state index is 13.1. The van der Waals surface area contributed by atoms with Crippen LogP contribution >= 0.6 is 0 Å². The zero-order valence-electron chi connectivity index (χ0n) is 17.1. The molecular weight excluding hydrogens is 395 g/mol. The molecule has 0 bridgehead atoms. The molecule has 2 amide bonds. The van der Waals surface area contributed by atoms with E-state index in [0.717, 1.165) is 17.7 Å². The van der Waals surface area contributed by atoms with Crippen LogP contribution in [0.4, 0.5) is 15.8 Å². The second-order valence-electron chi connectivity index (χ2n) is 7.48. The molecule has 0 aliphatic heterocycles. The maximum Gasteiger partial charge on any atom is 0.255 e. The van der Waals surface area contributed by atoms with Crippen molar-refractivity contribution in [1.29, 1.82) is 0 Å². The molecule has 6 heteroatoms. The highest BCUT2D eigenvalue weighted by atomic mass is 19.1. The van der Waals surface area contributed by atoms with Gasteiger partial charge < -0.3 is 15.4 Å². The Balaban J connectivity index is 1.31. The first-order valence-corrected chi connectivity index (χ1v) is 10.2. The summed E-state index contributed by atoms with van der Waals surface area (Å²) in [4.78, 5) is 24.9. The molecule has 2 unspecified atom stereocenters. The van der Waals surface area contributed by atoms with Gasteiger partial charge in [0, 0.05) is 22.9 Å². The molecule has 158 valence electrons. The Morgan fingerprint density at radius 2 is 1.52 bits per heavy atom. The first-order valence-electron chi connectivity index (χ1n) is 10.2. The van der Waals surface area contributed by atoms with E-state index in [1.807, 2.05) is 6.92 Å². The van der Waals surface area contributed by atoms with Crippen molar-refractivity contribution < 1.29 is 18.7 Å². The van der Waals surface area contributed by atoms with E-state index in [1.54, 1.807) is 60.7 Å². The summed E-state index contributed by atoms with van der Waals surface area (Å²) in [6.07, 6.45) is 0.750. The Hall–Kier alpha value is -3.67. The third-order valence-corrected chi connectivity index (χ3v) is 5.26. The van der Waals surface area contributed by atoms with Crippen molar-refractivity contribution in [1.82, 2.24) is 0 Å². The quantitative estimate of drug-likeness (QED) is 0.553. The van der Waals surface area contributed by atoms with Gasteiger partial charge in [-0.1, -0.05) is 12.1 Å². The minimum absolute atomic E-state index is 0.0686. The van der Waals surface area contributed by atoms with Gasteiger partial charge in [0.15, 0.2) is 0 Å². The van der Waals surface area contributed by atoms with Gasteiger partial charge in [-0.05, 0) is 85.5 Å². The fourth-order valence-electron chi connectivity index (χ4n) is 3.51. The zero-order valence-corrected chi connectivity index (χ0v) is 17.1. The zero-order chi connectivity index (χ0) is 21.8. The van der Waals surface area contributed by atoms with Crippen LogP contribution < -0.4 is 15.4 Å². The van der Waals surface area contributed by atoms with E-state index in [0.29, 0.717) is 23.5 Å². The molecule has 0 aromatic heterocycles. The summed E-state index contributed by atoms with van der Waals surface area (Å²) in [6, 6.07) is 20.2. The van der Waals surface area contributed by atoms with Crippen molar-refractivity contribution in [2.24, 2.45) is 5.92 Å². The molecule has 4 rings (SSSR count). The lowest BCUT2D eigenvalue weighted by molar-refractivity contribution is -0.117. The lowest BCUT2D eigenvalue weighted by atomic mass is 10.1. The molecule has 1 aliphatic rings. The van der Waals surface area contributed by atoms with Crippen molar-refractivity contribution in [3.8, 4) is 5.75 Å². The molecule has 0 radical (unpaired) electrons. The minimum Gasteiger partial charge on any atom is -0.494 e. The van der Waals surface area contributed by atoms with Crippen molar-refractivity contribution in [2.75, 3.05) is 17.2 Å². The van der Waals surface area contributed by atoms with E-state index in [1.165, 1.54) is 12.1 Å². The smallest absolute Gasteiger partial charge is 0.255 e. The molecule has 5 nitrogen and oxygen atoms in total. The summed E-state index contributed by atoms with van der Waals surface area (Å²) >= 11 is 0. The van der Waals surface area contributed by atoms with Crippen LogP contribution in [0.25, 0.3) is 0 Å². The molecule has 3 aromatic rings. The Morgan fingerprint density at radius 1 is 0.903 bits per heavy atom.